The fourth-order valence-electron chi connectivity index (χ4n) is 0.146. The summed E-state index contributed by atoms with van der Waals surface area (Å²) < 4.78 is 3.38. The van der Waals surface area contributed by atoms with Crippen LogP contribution in [-0.4, -0.2) is 33.7 Å². The minimum Gasteiger partial charge on any atom is -0.477 e. The molecule has 0 saturated heterocycles. The second-order valence-corrected chi connectivity index (χ2v) is 1.07. The van der Waals surface area contributed by atoms with E-state index in [9.17, 15) is 9.59 Å². The van der Waals surface area contributed by atoms with Gasteiger partial charge in [-0.15, -0.1) is 0 Å². The van der Waals surface area contributed by atoms with Gasteiger partial charge in [-0.05, 0) is 0 Å². The van der Waals surface area contributed by atoms with Crippen molar-refractivity contribution < 1.29 is 29.6 Å². The highest BCUT2D eigenvalue weighted by Gasteiger charge is 2.16. The summed E-state index contributed by atoms with van der Waals surface area (Å²) in [5.74, 6) is -1.74. The number of carbonyl (C=O) groups is 2. The van der Waals surface area contributed by atoms with Gasteiger partial charge in [-0.25, -0.2) is 9.59 Å². The molecule has 0 aliphatic heterocycles. The quantitative estimate of drug-likeness (QED) is 0.335. The first-order valence-corrected chi connectivity index (χ1v) is 1.84. The third-order valence-electron chi connectivity index (χ3n) is 0.424. The molecule has 6 heteroatoms. The van der Waals surface area contributed by atoms with Gasteiger partial charge in [-0.1, -0.05) is 0 Å². The first-order valence-electron chi connectivity index (χ1n) is 1.84. The van der Waals surface area contributed by atoms with E-state index in [2.05, 4.69) is 4.74 Å². The van der Waals surface area contributed by atoms with Gasteiger partial charge in [0.1, 0.15) is 0 Å². The number of carboxylic acids is 1. The van der Waals surface area contributed by atoms with Gasteiger partial charge in [-0.3, -0.25) is 0 Å². The van der Waals surface area contributed by atoms with Crippen LogP contribution in [0, 0.1) is 0 Å². The van der Waals surface area contributed by atoms with Gasteiger partial charge < -0.3 is 20.1 Å². The van der Waals surface area contributed by atoms with E-state index in [1.807, 2.05) is 0 Å². The van der Waals surface area contributed by atoms with Crippen LogP contribution >= 0.6 is 0 Å². The van der Waals surface area contributed by atoms with Crippen LogP contribution in [0.1, 0.15) is 0 Å². The molecular formula is C3H4O6. The predicted octanol–water partition coefficient (Wildman–Crippen LogP) is -0.916. The van der Waals surface area contributed by atoms with Crippen LogP contribution in [0.5, 0.6) is 0 Å². The molecule has 0 bridgehead atoms. The highest BCUT2D eigenvalue weighted by molar-refractivity contribution is 5.73. The molecule has 52 valence electrons. The first-order chi connectivity index (χ1) is 4.04. The zero-order chi connectivity index (χ0) is 7.44. The van der Waals surface area contributed by atoms with E-state index in [4.69, 9.17) is 15.3 Å². The van der Waals surface area contributed by atoms with Gasteiger partial charge >= 0.3 is 18.4 Å². The number of aliphatic hydroxyl groups excluding tert-OH is 1. The lowest BCUT2D eigenvalue weighted by atomic mass is 10.7. The third-order valence-corrected chi connectivity index (χ3v) is 0.424. The van der Waals surface area contributed by atoms with Crippen molar-refractivity contribution in [3.63, 3.8) is 0 Å². The second kappa shape index (κ2) is 2.88. The number of carboxylic acid groups (broad SMARTS) is 2. The monoisotopic (exact) mass is 136 g/mol. The molecule has 0 heterocycles. The predicted molar refractivity (Wildman–Crippen MR) is 22.8 cm³/mol. The minimum atomic E-state index is -2.29. The van der Waals surface area contributed by atoms with E-state index < -0.39 is 18.4 Å². The average molecular weight is 136 g/mol. The summed E-state index contributed by atoms with van der Waals surface area (Å²) in [6.07, 6.45) is -4.12. The molecule has 0 aromatic heterocycles. The Kier molecular flexibility index (Phi) is 2.46. The Morgan fingerprint density at radius 3 is 1.89 bits per heavy atom. The van der Waals surface area contributed by atoms with Crippen LogP contribution in [0.3, 0.4) is 0 Å². The molecule has 6 nitrogen and oxygen atoms in total. The molecule has 0 amide bonds. The highest BCUT2D eigenvalue weighted by atomic mass is 16.7. The Morgan fingerprint density at radius 2 is 1.78 bits per heavy atom. The van der Waals surface area contributed by atoms with Crippen molar-refractivity contribution in [2.24, 2.45) is 0 Å². The Morgan fingerprint density at radius 1 is 1.33 bits per heavy atom. The summed E-state index contributed by atoms with van der Waals surface area (Å²) in [6, 6.07) is 0. The maximum atomic E-state index is 9.60. The van der Waals surface area contributed by atoms with Crippen LogP contribution in [0.25, 0.3) is 0 Å². The molecule has 0 spiro atoms. The zero-order valence-corrected chi connectivity index (χ0v) is 4.14. The maximum absolute atomic E-state index is 9.60. The fourth-order valence-corrected chi connectivity index (χ4v) is 0.146. The molecule has 1 unspecified atom stereocenters. The molecule has 0 radical (unpaired) electrons. The third kappa shape index (κ3) is 3.30. The summed E-state index contributed by atoms with van der Waals surface area (Å²) in [5.41, 5.74) is 0. The molecule has 0 saturated carbocycles. The molecule has 0 fully saturated rings. The second-order valence-electron chi connectivity index (χ2n) is 1.07. The molecule has 0 aliphatic carbocycles. The summed E-state index contributed by atoms with van der Waals surface area (Å²) in [5, 5.41) is 23.6. The number of hydrogen-bond donors (Lipinski definition) is 3. The lowest BCUT2D eigenvalue weighted by Gasteiger charge is -2.01. The number of rotatable bonds is 2. The van der Waals surface area contributed by atoms with Crippen LogP contribution in [0.15, 0.2) is 0 Å². The lowest BCUT2D eigenvalue weighted by Crippen LogP contribution is -2.25. The summed E-state index contributed by atoms with van der Waals surface area (Å²) in [4.78, 5) is 19.1. The van der Waals surface area contributed by atoms with Crippen molar-refractivity contribution in [1.29, 1.82) is 0 Å². The highest BCUT2D eigenvalue weighted by Crippen LogP contribution is 1.85. The van der Waals surface area contributed by atoms with E-state index >= 15 is 0 Å². The molecule has 0 aromatic rings. The number of aliphatic carboxylic acids is 1. The van der Waals surface area contributed by atoms with Gasteiger partial charge in [-0.2, -0.15) is 0 Å². The standard InChI is InChI=1S/C3H4O6/c4-1(5)2(6)9-3(7)8/h2,6H,(H,4,5)(H,7,8). The summed E-state index contributed by atoms with van der Waals surface area (Å²) in [7, 11) is 0. The zero-order valence-electron chi connectivity index (χ0n) is 4.14. The van der Waals surface area contributed by atoms with Crippen molar-refractivity contribution in [3.05, 3.63) is 0 Å². The van der Waals surface area contributed by atoms with Crippen molar-refractivity contribution in [3.8, 4) is 0 Å². The molecule has 9 heavy (non-hydrogen) atoms. The van der Waals surface area contributed by atoms with E-state index in [1.165, 1.54) is 0 Å². The molecule has 0 rings (SSSR count). The van der Waals surface area contributed by atoms with Crippen LogP contribution in [0.2, 0.25) is 0 Å². The first kappa shape index (κ1) is 7.70. The van der Waals surface area contributed by atoms with Gasteiger partial charge in [0.15, 0.2) is 0 Å². The van der Waals surface area contributed by atoms with E-state index in [-0.39, 0.29) is 0 Å². The lowest BCUT2D eigenvalue weighted by molar-refractivity contribution is -0.168. The maximum Gasteiger partial charge on any atom is 0.508 e. The Hall–Kier alpha value is -1.30. The van der Waals surface area contributed by atoms with E-state index in [1.54, 1.807) is 0 Å². The molecule has 0 aliphatic rings. The van der Waals surface area contributed by atoms with Gasteiger partial charge in [0.25, 0.3) is 0 Å². The Bertz CT molecular complexity index is 128. The van der Waals surface area contributed by atoms with Crippen molar-refractivity contribution in [2.45, 2.75) is 6.29 Å². The van der Waals surface area contributed by atoms with Gasteiger partial charge in [0.2, 0.25) is 0 Å². The van der Waals surface area contributed by atoms with Crippen LogP contribution < -0.4 is 0 Å². The normalized spacial score (nSPS) is 12.1. The van der Waals surface area contributed by atoms with Crippen molar-refractivity contribution in [2.75, 3.05) is 0 Å². The van der Waals surface area contributed by atoms with Gasteiger partial charge in [0.05, 0.1) is 0 Å². The smallest absolute Gasteiger partial charge is 0.477 e. The van der Waals surface area contributed by atoms with E-state index in [0.717, 1.165) is 0 Å². The van der Waals surface area contributed by atoms with E-state index in [0.29, 0.717) is 0 Å². The topological polar surface area (TPSA) is 104 Å². The fraction of sp³-hybridized carbons (Fsp3) is 0.333. The van der Waals surface area contributed by atoms with Crippen molar-refractivity contribution >= 4 is 12.1 Å². The Labute approximate surface area is 49.3 Å². The molecule has 0 aromatic carbocycles. The minimum absolute atomic E-state index is 1.74. The summed E-state index contributed by atoms with van der Waals surface area (Å²) in [6.45, 7) is 0. The molecule has 3 N–H and O–H groups in total. The number of hydrogen-bond acceptors (Lipinski definition) is 4. The number of ether oxygens (including phenoxy) is 1. The van der Waals surface area contributed by atoms with Gasteiger partial charge in [0, 0.05) is 0 Å². The Balaban J connectivity index is 3.63. The average Bonchev–Trinajstić information content (AvgIpc) is 1.63. The van der Waals surface area contributed by atoms with Crippen LogP contribution in [-0.2, 0) is 9.53 Å². The summed E-state index contributed by atoms with van der Waals surface area (Å²) >= 11 is 0. The SMILES string of the molecule is O=C(O)OC(O)C(=O)O. The number of aliphatic hydroxyl groups is 1. The van der Waals surface area contributed by atoms with Crippen LogP contribution in [0.4, 0.5) is 4.79 Å². The largest absolute Gasteiger partial charge is 0.508 e. The molecule has 1 atom stereocenters. The molecular weight excluding hydrogens is 132 g/mol. The van der Waals surface area contributed by atoms with Crippen molar-refractivity contribution in [1.82, 2.24) is 0 Å².